The SMILES string of the molecule is Cc1ccc(C2=C(N3CCc4ccccc4C3)C(=O)N(c3ccc(F)cc3)C2=O)cc1C. The van der Waals surface area contributed by atoms with Crippen LogP contribution in [0.15, 0.2) is 72.4 Å². The van der Waals surface area contributed by atoms with Crippen LogP contribution in [-0.4, -0.2) is 23.3 Å². The van der Waals surface area contributed by atoms with E-state index in [-0.39, 0.29) is 11.8 Å². The van der Waals surface area contributed by atoms with Gasteiger partial charge in [-0.25, -0.2) is 9.29 Å². The molecular formula is C27H23FN2O2. The number of anilines is 1. The molecule has 0 atom stereocenters. The van der Waals surface area contributed by atoms with Crippen molar-refractivity contribution in [3.63, 3.8) is 0 Å². The van der Waals surface area contributed by atoms with Gasteiger partial charge in [0, 0.05) is 13.1 Å². The first kappa shape index (κ1) is 20.2. The Labute approximate surface area is 186 Å². The fraction of sp³-hybridized carbons (Fsp3) is 0.185. The lowest BCUT2D eigenvalue weighted by Gasteiger charge is -2.31. The number of benzene rings is 3. The van der Waals surface area contributed by atoms with E-state index in [9.17, 15) is 14.0 Å². The summed E-state index contributed by atoms with van der Waals surface area (Å²) in [6, 6.07) is 19.5. The van der Waals surface area contributed by atoms with Crippen molar-refractivity contribution in [1.82, 2.24) is 4.90 Å². The zero-order valence-electron chi connectivity index (χ0n) is 18.1. The summed E-state index contributed by atoms with van der Waals surface area (Å²) in [6.45, 7) is 5.23. The molecule has 3 aromatic carbocycles. The highest BCUT2D eigenvalue weighted by Crippen LogP contribution is 2.37. The number of halogens is 1. The molecule has 0 N–H and O–H groups in total. The summed E-state index contributed by atoms with van der Waals surface area (Å²) in [7, 11) is 0. The van der Waals surface area contributed by atoms with Crippen LogP contribution in [0.2, 0.25) is 0 Å². The van der Waals surface area contributed by atoms with Crippen LogP contribution in [-0.2, 0) is 22.6 Å². The molecule has 5 rings (SSSR count). The third-order valence-corrected chi connectivity index (χ3v) is 6.39. The van der Waals surface area contributed by atoms with E-state index in [0.29, 0.717) is 30.0 Å². The Morgan fingerprint density at radius 2 is 1.53 bits per heavy atom. The minimum atomic E-state index is -0.414. The molecule has 32 heavy (non-hydrogen) atoms. The highest BCUT2D eigenvalue weighted by Gasteiger charge is 2.43. The van der Waals surface area contributed by atoms with Crippen molar-refractivity contribution in [2.75, 3.05) is 11.4 Å². The molecule has 4 nitrogen and oxygen atoms in total. The van der Waals surface area contributed by atoms with Crippen molar-refractivity contribution in [3.8, 4) is 0 Å². The maximum Gasteiger partial charge on any atom is 0.282 e. The molecule has 2 heterocycles. The van der Waals surface area contributed by atoms with Crippen LogP contribution in [0.5, 0.6) is 0 Å². The van der Waals surface area contributed by atoms with Crippen molar-refractivity contribution in [3.05, 3.63) is 106 Å². The fourth-order valence-corrected chi connectivity index (χ4v) is 4.48. The smallest absolute Gasteiger partial charge is 0.282 e. The summed E-state index contributed by atoms with van der Waals surface area (Å²) in [4.78, 5) is 30.5. The number of carbonyl (C=O) groups excluding carboxylic acids is 2. The molecule has 2 aliphatic heterocycles. The maximum atomic E-state index is 13.7. The predicted octanol–water partition coefficient (Wildman–Crippen LogP) is 4.79. The Morgan fingerprint density at radius 1 is 0.812 bits per heavy atom. The second kappa shape index (κ2) is 7.75. The Hall–Kier alpha value is -3.73. The second-order valence-electron chi connectivity index (χ2n) is 8.39. The van der Waals surface area contributed by atoms with Crippen molar-refractivity contribution < 1.29 is 14.0 Å². The van der Waals surface area contributed by atoms with Crippen LogP contribution < -0.4 is 4.90 Å². The third-order valence-electron chi connectivity index (χ3n) is 6.39. The van der Waals surface area contributed by atoms with Gasteiger partial charge in [-0.3, -0.25) is 9.59 Å². The molecule has 0 saturated heterocycles. The zero-order chi connectivity index (χ0) is 22.4. The van der Waals surface area contributed by atoms with Crippen LogP contribution in [0, 0.1) is 19.7 Å². The number of rotatable bonds is 3. The summed E-state index contributed by atoms with van der Waals surface area (Å²) in [6.07, 6.45) is 0.803. The lowest BCUT2D eigenvalue weighted by molar-refractivity contribution is -0.120. The highest BCUT2D eigenvalue weighted by atomic mass is 19.1. The maximum absolute atomic E-state index is 13.7. The molecule has 0 fully saturated rings. The fourth-order valence-electron chi connectivity index (χ4n) is 4.48. The molecule has 5 heteroatoms. The first-order chi connectivity index (χ1) is 15.4. The number of imide groups is 1. The molecule has 0 aromatic heterocycles. The average Bonchev–Trinajstić information content (AvgIpc) is 3.06. The molecule has 0 bridgehead atoms. The van der Waals surface area contributed by atoms with Gasteiger partial charge in [0.25, 0.3) is 11.8 Å². The van der Waals surface area contributed by atoms with Crippen LogP contribution >= 0.6 is 0 Å². The van der Waals surface area contributed by atoms with E-state index in [2.05, 4.69) is 12.1 Å². The van der Waals surface area contributed by atoms with Gasteiger partial charge < -0.3 is 4.90 Å². The summed E-state index contributed by atoms with van der Waals surface area (Å²) >= 11 is 0. The normalized spacial score (nSPS) is 16.1. The number of hydrogen-bond donors (Lipinski definition) is 0. The van der Waals surface area contributed by atoms with Crippen molar-refractivity contribution in [1.29, 1.82) is 0 Å². The van der Waals surface area contributed by atoms with E-state index in [4.69, 9.17) is 0 Å². The van der Waals surface area contributed by atoms with Gasteiger partial charge >= 0.3 is 0 Å². The molecule has 0 aliphatic carbocycles. The summed E-state index contributed by atoms with van der Waals surface area (Å²) in [5.41, 5.74) is 6.52. The van der Waals surface area contributed by atoms with Crippen LogP contribution in [0.3, 0.4) is 0 Å². The lowest BCUT2D eigenvalue weighted by atomic mass is 9.96. The van der Waals surface area contributed by atoms with Crippen LogP contribution in [0.4, 0.5) is 10.1 Å². The van der Waals surface area contributed by atoms with Gasteiger partial charge in [0.15, 0.2) is 0 Å². The van der Waals surface area contributed by atoms with E-state index in [0.717, 1.165) is 28.7 Å². The summed E-state index contributed by atoms with van der Waals surface area (Å²) in [5.74, 6) is -1.16. The monoisotopic (exact) mass is 426 g/mol. The van der Waals surface area contributed by atoms with Crippen LogP contribution in [0.1, 0.15) is 27.8 Å². The Balaban J connectivity index is 1.63. The van der Waals surface area contributed by atoms with Crippen LogP contribution in [0.25, 0.3) is 5.57 Å². The molecule has 0 saturated carbocycles. The quantitative estimate of drug-likeness (QED) is 0.566. The van der Waals surface area contributed by atoms with E-state index in [1.807, 2.05) is 49.1 Å². The molecule has 160 valence electrons. The first-order valence-corrected chi connectivity index (χ1v) is 10.7. The van der Waals surface area contributed by atoms with E-state index < -0.39 is 5.82 Å². The van der Waals surface area contributed by atoms with E-state index in [1.54, 1.807) is 0 Å². The Morgan fingerprint density at radius 3 is 2.25 bits per heavy atom. The number of hydrogen-bond acceptors (Lipinski definition) is 3. The molecule has 0 spiro atoms. The third kappa shape index (κ3) is 3.30. The van der Waals surface area contributed by atoms with Gasteiger partial charge in [-0.15, -0.1) is 0 Å². The van der Waals surface area contributed by atoms with Gasteiger partial charge in [-0.2, -0.15) is 0 Å². The Kier molecular flexibility index (Phi) is 4.89. The number of nitrogens with zero attached hydrogens (tertiary/aromatic N) is 2. The molecular weight excluding hydrogens is 403 g/mol. The highest BCUT2D eigenvalue weighted by molar-refractivity contribution is 6.45. The van der Waals surface area contributed by atoms with Gasteiger partial charge in [0.1, 0.15) is 11.5 Å². The minimum absolute atomic E-state index is 0.366. The van der Waals surface area contributed by atoms with Gasteiger partial charge in [0.2, 0.25) is 0 Å². The first-order valence-electron chi connectivity index (χ1n) is 10.7. The lowest BCUT2D eigenvalue weighted by Crippen LogP contribution is -2.37. The number of carbonyl (C=O) groups is 2. The molecule has 2 aliphatic rings. The summed E-state index contributed by atoms with van der Waals surface area (Å²) < 4.78 is 13.5. The number of amides is 2. The number of aryl methyl sites for hydroxylation is 2. The summed E-state index contributed by atoms with van der Waals surface area (Å²) in [5, 5.41) is 0. The number of fused-ring (bicyclic) bond motifs is 1. The van der Waals surface area contributed by atoms with Gasteiger partial charge in [0.05, 0.1) is 11.3 Å². The van der Waals surface area contributed by atoms with E-state index >= 15 is 0 Å². The second-order valence-corrected chi connectivity index (χ2v) is 8.39. The van der Waals surface area contributed by atoms with Crippen molar-refractivity contribution >= 4 is 23.1 Å². The zero-order valence-corrected chi connectivity index (χ0v) is 18.1. The van der Waals surface area contributed by atoms with Crippen molar-refractivity contribution in [2.24, 2.45) is 0 Å². The topological polar surface area (TPSA) is 40.6 Å². The molecule has 3 aromatic rings. The average molecular weight is 426 g/mol. The van der Waals surface area contributed by atoms with Gasteiger partial charge in [-0.1, -0.05) is 42.5 Å². The molecule has 0 unspecified atom stereocenters. The standard InChI is InChI=1S/C27H23FN2O2/c1-17-7-8-20(15-18(17)2)24-25(29-14-13-19-5-3-4-6-21(19)16-29)27(32)30(26(24)31)23-11-9-22(28)10-12-23/h3-12,15H,13-14,16H2,1-2H3. The minimum Gasteiger partial charge on any atom is -0.362 e. The van der Waals surface area contributed by atoms with Crippen molar-refractivity contribution in [2.45, 2.75) is 26.8 Å². The van der Waals surface area contributed by atoms with Gasteiger partial charge in [-0.05, 0) is 72.4 Å². The predicted molar refractivity (Wildman–Crippen MR) is 122 cm³/mol. The largest absolute Gasteiger partial charge is 0.362 e. The molecule has 2 amide bonds. The molecule has 0 radical (unpaired) electrons. The Bertz CT molecular complexity index is 1280. The van der Waals surface area contributed by atoms with E-state index in [1.165, 1.54) is 34.7 Å².